The van der Waals surface area contributed by atoms with Crippen LogP contribution >= 0.6 is 0 Å². The van der Waals surface area contributed by atoms with E-state index in [0.717, 1.165) is 72.7 Å². The van der Waals surface area contributed by atoms with Crippen molar-refractivity contribution < 1.29 is 13.2 Å². The molecule has 9 aromatic rings. The zero-order chi connectivity index (χ0) is 35.6. The van der Waals surface area contributed by atoms with E-state index in [1.165, 1.54) is 0 Å². The minimum absolute atomic E-state index is 0.120. The molecule has 9 rings (SSSR count). The molecular formula is C45H25F3N4. The van der Waals surface area contributed by atoms with Crippen LogP contribution < -0.4 is 0 Å². The molecule has 0 N–H and O–H groups in total. The second-order valence-corrected chi connectivity index (χ2v) is 12.7. The van der Waals surface area contributed by atoms with E-state index in [9.17, 15) is 23.7 Å². The summed E-state index contributed by atoms with van der Waals surface area (Å²) < 4.78 is 45.8. The number of aromatic nitrogens is 2. The van der Waals surface area contributed by atoms with Gasteiger partial charge in [0.25, 0.3) is 0 Å². The van der Waals surface area contributed by atoms with E-state index in [0.29, 0.717) is 11.0 Å². The van der Waals surface area contributed by atoms with Gasteiger partial charge in [-0.15, -0.1) is 0 Å². The summed E-state index contributed by atoms with van der Waals surface area (Å²) in [7, 11) is 0. The largest absolute Gasteiger partial charge is 0.416 e. The molecule has 0 unspecified atom stereocenters. The Labute approximate surface area is 296 Å². The number of rotatable bonds is 4. The highest BCUT2D eigenvalue weighted by Gasteiger charge is 2.33. The first-order chi connectivity index (χ1) is 25.4. The molecule has 0 atom stereocenters. The van der Waals surface area contributed by atoms with Crippen LogP contribution in [-0.4, -0.2) is 9.13 Å². The summed E-state index contributed by atoms with van der Waals surface area (Å²) in [5.74, 6) is 0. The Morgan fingerprint density at radius 1 is 0.462 bits per heavy atom. The molecule has 7 aromatic carbocycles. The second kappa shape index (κ2) is 11.8. The average Bonchev–Trinajstić information content (AvgIpc) is 3.70. The molecule has 52 heavy (non-hydrogen) atoms. The number of benzene rings is 7. The van der Waals surface area contributed by atoms with Crippen LogP contribution in [0.5, 0.6) is 0 Å². The molecule has 0 amide bonds. The number of hydrogen-bond acceptors (Lipinski definition) is 2. The van der Waals surface area contributed by atoms with Gasteiger partial charge in [0.2, 0.25) is 0 Å². The van der Waals surface area contributed by atoms with E-state index in [-0.39, 0.29) is 16.8 Å². The molecule has 2 heterocycles. The minimum Gasteiger partial charge on any atom is -0.309 e. The highest BCUT2D eigenvalue weighted by molar-refractivity contribution is 6.26. The van der Waals surface area contributed by atoms with E-state index in [1.54, 1.807) is 4.57 Å². The highest BCUT2D eigenvalue weighted by atomic mass is 19.4. The summed E-state index contributed by atoms with van der Waals surface area (Å²) >= 11 is 0. The van der Waals surface area contributed by atoms with Crippen molar-refractivity contribution >= 4 is 43.6 Å². The van der Waals surface area contributed by atoms with Gasteiger partial charge in [-0.3, -0.25) is 0 Å². The van der Waals surface area contributed by atoms with Crippen molar-refractivity contribution in [2.75, 3.05) is 0 Å². The fourth-order valence-electron chi connectivity index (χ4n) is 7.54. The molecule has 4 nitrogen and oxygen atoms in total. The summed E-state index contributed by atoms with van der Waals surface area (Å²) in [6.07, 6.45) is -4.73. The molecule has 0 saturated carbocycles. The maximum Gasteiger partial charge on any atom is 0.416 e. The normalized spacial score (nSPS) is 11.7. The molecule has 0 saturated heterocycles. The number of alkyl halides is 3. The predicted octanol–water partition coefficient (Wildman–Crippen LogP) is 12.0. The first-order valence-electron chi connectivity index (χ1n) is 16.6. The van der Waals surface area contributed by atoms with Crippen molar-refractivity contribution in [3.63, 3.8) is 0 Å². The standard InChI is InChI=1S/C45H25F3N4/c46-45(47,48)34-23-32(26-49)43(33(24-34)27-50)52-39-15-6-4-13-36(39)37-21-22-41-42(44(37)52)38-14-5-7-16-40(38)51(41)35-12-8-11-31(25-35)30-19-17-29(18-20-30)28-9-2-1-3-10-28/h1-25H. The minimum atomic E-state index is -4.73. The van der Waals surface area contributed by atoms with Gasteiger partial charge >= 0.3 is 6.18 Å². The Morgan fingerprint density at radius 2 is 1.02 bits per heavy atom. The first kappa shape index (κ1) is 30.9. The average molecular weight is 679 g/mol. The fourth-order valence-corrected chi connectivity index (χ4v) is 7.54. The quantitative estimate of drug-likeness (QED) is 0.186. The van der Waals surface area contributed by atoms with Crippen LogP contribution in [0.15, 0.2) is 152 Å². The third-order valence-electron chi connectivity index (χ3n) is 9.80. The van der Waals surface area contributed by atoms with E-state index in [4.69, 9.17) is 0 Å². The maximum atomic E-state index is 13.9. The Morgan fingerprint density at radius 3 is 1.67 bits per heavy atom. The molecule has 0 aliphatic carbocycles. The van der Waals surface area contributed by atoms with Crippen LogP contribution in [0.1, 0.15) is 16.7 Å². The number of fused-ring (bicyclic) bond motifs is 7. The third kappa shape index (κ3) is 4.75. The number of para-hydroxylation sites is 2. The molecule has 0 spiro atoms. The van der Waals surface area contributed by atoms with Gasteiger partial charge in [0.1, 0.15) is 12.1 Å². The summed E-state index contributed by atoms with van der Waals surface area (Å²) in [5.41, 5.74) is 7.13. The summed E-state index contributed by atoms with van der Waals surface area (Å²) in [6, 6.07) is 52.4. The zero-order valence-electron chi connectivity index (χ0n) is 27.4. The van der Waals surface area contributed by atoms with Crippen LogP contribution in [0.4, 0.5) is 13.2 Å². The predicted molar refractivity (Wildman–Crippen MR) is 200 cm³/mol. The third-order valence-corrected chi connectivity index (χ3v) is 9.80. The van der Waals surface area contributed by atoms with Crippen LogP contribution in [-0.2, 0) is 6.18 Å². The smallest absolute Gasteiger partial charge is 0.309 e. The first-order valence-corrected chi connectivity index (χ1v) is 16.6. The van der Waals surface area contributed by atoms with Gasteiger partial charge in [0.05, 0.1) is 44.4 Å². The molecule has 0 aliphatic rings. The van der Waals surface area contributed by atoms with Crippen LogP contribution in [0.3, 0.4) is 0 Å². The van der Waals surface area contributed by atoms with Crippen molar-refractivity contribution in [1.82, 2.24) is 9.13 Å². The molecule has 0 bridgehead atoms. The summed E-state index contributed by atoms with van der Waals surface area (Å²) in [6.45, 7) is 0. The lowest BCUT2D eigenvalue weighted by Crippen LogP contribution is -2.09. The van der Waals surface area contributed by atoms with E-state index >= 15 is 0 Å². The second-order valence-electron chi connectivity index (χ2n) is 12.7. The van der Waals surface area contributed by atoms with Gasteiger partial charge in [-0.1, -0.05) is 109 Å². The topological polar surface area (TPSA) is 57.4 Å². The lowest BCUT2D eigenvalue weighted by molar-refractivity contribution is -0.137. The van der Waals surface area contributed by atoms with Gasteiger partial charge in [0.15, 0.2) is 0 Å². The molecule has 2 aromatic heterocycles. The van der Waals surface area contributed by atoms with Crippen molar-refractivity contribution in [1.29, 1.82) is 10.5 Å². The number of nitrogens with zero attached hydrogens (tertiary/aromatic N) is 4. The number of hydrogen-bond donors (Lipinski definition) is 0. The van der Waals surface area contributed by atoms with Gasteiger partial charge in [0, 0.05) is 27.2 Å². The highest BCUT2D eigenvalue weighted by Crippen LogP contribution is 2.44. The zero-order valence-corrected chi connectivity index (χ0v) is 27.4. The monoisotopic (exact) mass is 678 g/mol. The molecule has 0 radical (unpaired) electrons. The van der Waals surface area contributed by atoms with Crippen LogP contribution in [0.25, 0.3) is 77.2 Å². The van der Waals surface area contributed by atoms with Gasteiger partial charge < -0.3 is 9.13 Å². The lowest BCUT2D eigenvalue weighted by atomic mass is 10.00. The SMILES string of the molecule is N#Cc1cc(C(F)(F)F)cc(C#N)c1-n1c2ccccc2c2ccc3c(c4ccccc4n3-c3cccc(-c4ccc(-c5ccccc5)cc4)c3)c21. The molecule has 0 aliphatic heterocycles. The molecule has 246 valence electrons. The van der Waals surface area contributed by atoms with Crippen LogP contribution in [0, 0.1) is 22.7 Å². The number of nitriles is 2. The summed E-state index contributed by atoms with van der Waals surface area (Å²) in [4.78, 5) is 0. The molecule has 7 heteroatoms. The Hall–Kier alpha value is -7.09. The van der Waals surface area contributed by atoms with Crippen LogP contribution in [0.2, 0.25) is 0 Å². The summed E-state index contributed by atoms with van der Waals surface area (Å²) in [5, 5.41) is 24.0. The van der Waals surface area contributed by atoms with Crippen molar-refractivity contribution in [3.05, 3.63) is 168 Å². The Kier molecular flexibility index (Phi) is 7.00. The van der Waals surface area contributed by atoms with E-state index < -0.39 is 11.7 Å². The number of halogens is 3. The van der Waals surface area contributed by atoms with Gasteiger partial charge in [-0.25, -0.2) is 0 Å². The van der Waals surface area contributed by atoms with Crippen molar-refractivity contribution in [2.45, 2.75) is 6.18 Å². The maximum absolute atomic E-state index is 13.9. The van der Waals surface area contributed by atoms with Gasteiger partial charge in [-0.05, 0) is 64.7 Å². The Balaban J connectivity index is 1.33. The van der Waals surface area contributed by atoms with E-state index in [1.807, 2.05) is 84.9 Å². The fraction of sp³-hybridized carbons (Fsp3) is 0.0222. The lowest BCUT2D eigenvalue weighted by Gasteiger charge is -2.15. The van der Waals surface area contributed by atoms with E-state index in [2.05, 4.69) is 71.3 Å². The van der Waals surface area contributed by atoms with Gasteiger partial charge in [-0.2, -0.15) is 23.7 Å². The van der Waals surface area contributed by atoms with Crippen molar-refractivity contribution in [2.24, 2.45) is 0 Å². The van der Waals surface area contributed by atoms with Crippen molar-refractivity contribution in [3.8, 4) is 45.8 Å². The Bertz CT molecular complexity index is 2920. The molecular weight excluding hydrogens is 654 g/mol. The molecule has 0 fully saturated rings.